The van der Waals surface area contributed by atoms with Gasteiger partial charge in [0.15, 0.2) is 5.78 Å². The number of amides is 1. The number of carbonyl (C=O) groups excluding carboxylic acids is 2. The molecule has 2 aromatic heterocycles. The second kappa shape index (κ2) is 13.4. The fourth-order valence-corrected chi connectivity index (χ4v) is 5.65. The number of nitrogens with zero attached hydrogens (tertiary/aromatic N) is 6. The SMILES string of the molecule is CC(=O)N1CCC(Nc2cc(C(=O)CC[C@H](O)CN3CCc4c(ccc(OCc5cn[nH]n5)c4Cl)C3)ncn2)CC1. The second-order valence-electron chi connectivity index (χ2n) is 10.6. The van der Waals surface area contributed by atoms with E-state index in [1.54, 1.807) is 19.2 Å². The number of hydrogen-bond acceptors (Lipinski definition) is 10. The first kappa shape index (κ1) is 28.9. The number of carbonyl (C=O) groups is 2. The molecule has 3 aromatic rings. The Kier molecular flexibility index (Phi) is 9.42. The lowest BCUT2D eigenvalue weighted by Gasteiger charge is -2.32. The van der Waals surface area contributed by atoms with E-state index in [4.69, 9.17) is 16.3 Å². The molecule has 218 valence electrons. The molecular weight excluding hydrogens is 548 g/mol. The normalized spacial score (nSPS) is 16.7. The highest BCUT2D eigenvalue weighted by atomic mass is 35.5. The Balaban J connectivity index is 1.07. The summed E-state index contributed by atoms with van der Waals surface area (Å²) in [5.41, 5.74) is 3.19. The summed E-state index contributed by atoms with van der Waals surface area (Å²) in [6.07, 6.45) is 5.27. The number of rotatable bonds is 11. The molecule has 0 spiro atoms. The molecule has 0 aliphatic carbocycles. The van der Waals surface area contributed by atoms with Gasteiger partial charge in [0.2, 0.25) is 5.91 Å². The van der Waals surface area contributed by atoms with Gasteiger partial charge >= 0.3 is 0 Å². The van der Waals surface area contributed by atoms with Gasteiger partial charge in [-0.25, -0.2) is 9.97 Å². The zero-order chi connectivity index (χ0) is 28.8. The number of ether oxygens (including phenoxy) is 1. The van der Waals surface area contributed by atoms with E-state index in [9.17, 15) is 14.7 Å². The average molecular weight is 583 g/mol. The number of hydrogen-bond donors (Lipinski definition) is 3. The predicted molar refractivity (Wildman–Crippen MR) is 152 cm³/mol. The number of likely N-dealkylation sites (tertiary alicyclic amines) is 1. The van der Waals surface area contributed by atoms with Crippen molar-refractivity contribution in [3.05, 3.63) is 58.3 Å². The largest absolute Gasteiger partial charge is 0.486 e. The monoisotopic (exact) mass is 582 g/mol. The molecule has 1 saturated heterocycles. The van der Waals surface area contributed by atoms with Gasteiger partial charge in [-0.3, -0.25) is 14.5 Å². The molecule has 1 atom stereocenters. The zero-order valence-corrected chi connectivity index (χ0v) is 23.8. The van der Waals surface area contributed by atoms with E-state index < -0.39 is 6.10 Å². The van der Waals surface area contributed by atoms with Crippen molar-refractivity contribution in [2.45, 2.75) is 64.3 Å². The molecule has 0 saturated carbocycles. The van der Waals surface area contributed by atoms with Crippen LogP contribution in [0.1, 0.15) is 59.9 Å². The van der Waals surface area contributed by atoms with E-state index >= 15 is 0 Å². The number of β-amino-alcohol motifs (C(OH)–C–C–N with tert-alkyl or cyclic N) is 1. The van der Waals surface area contributed by atoms with E-state index in [2.05, 4.69) is 35.6 Å². The molecule has 0 radical (unpaired) electrons. The van der Waals surface area contributed by atoms with Crippen LogP contribution in [0.4, 0.5) is 5.82 Å². The zero-order valence-electron chi connectivity index (χ0n) is 23.1. The lowest BCUT2D eigenvalue weighted by Crippen LogP contribution is -2.41. The molecule has 41 heavy (non-hydrogen) atoms. The van der Waals surface area contributed by atoms with Gasteiger partial charge in [0.25, 0.3) is 0 Å². The molecule has 13 heteroatoms. The van der Waals surface area contributed by atoms with Gasteiger partial charge in [0, 0.05) is 58.2 Å². The summed E-state index contributed by atoms with van der Waals surface area (Å²) < 4.78 is 5.82. The average Bonchev–Trinajstić information content (AvgIpc) is 3.50. The summed E-state index contributed by atoms with van der Waals surface area (Å²) in [5, 5.41) is 25.0. The smallest absolute Gasteiger partial charge is 0.219 e. The quantitative estimate of drug-likeness (QED) is 0.288. The summed E-state index contributed by atoms with van der Waals surface area (Å²) in [6, 6.07) is 5.73. The highest BCUT2D eigenvalue weighted by Crippen LogP contribution is 2.34. The van der Waals surface area contributed by atoms with Crippen LogP contribution in [-0.4, -0.2) is 90.3 Å². The minimum absolute atomic E-state index is 0.0926. The minimum Gasteiger partial charge on any atom is -0.486 e. The number of aliphatic hydroxyl groups is 1. The first-order valence-corrected chi connectivity index (χ1v) is 14.3. The second-order valence-corrected chi connectivity index (χ2v) is 11.0. The number of halogens is 1. The van der Waals surface area contributed by atoms with E-state index in [1.165, 1.54) is 6.33 Å². The van der Waals surface area contributed by atoms with E-state index in [0.29, 0.717) is 60.6 Å². The number of aromatic nitrogens is 5. The van der Waals surface area contributed by atoms with Crippen LogP contribution in [0.3, 0.4) is 0 Å². The van der Waals surface area contributed by atoms with Crippen LogP contribution in [0.2, 0.25) is 5.02 Å². The minimum atomic E-state index is -0.646. The Bertz CT molecular complexity index is 1350. The molecule has 3 N–H and O–H groups in total. The highest BCUT2D eigenvalue weighted by molar-refractivity contribution is 6.33. The maximum Gasteiger partial charge on any atom is 0.219 e. The first-order valence-electron chi connectivity index (χ1n) is 13.9. The van der Waals surface area contributed by atoms with Crippen LogP contribution in [0.25, 0.3) is 0 Å². The van der Waals surface area contributed by atoms with Gasteiger partial charge in [0.1, 0.15) is 35.9 Å². The van der Waals surface area contributed by atoms with Crippen LogP contribution < -0.4 is 10.1 Å². The molecule has 2 aliphatic heterocycles. The Morgan fingerprint density at radius 3 is 2.83 bits per heavy atom. The summed E-state index contributed by atoms with van der Waals surface area (Å²) in [7, 11) is 0. The van der Waals surface area contributed by atoms with Crippen molar-refractivity contribution in [2.24, 2.45) is 0 Å². The molecule has 12 nitrogen and oxygen atoms in total. The van der Waals surface area contributed by atoms with E-state index in [-0.39, 0.29) is 30.8 Å². The van der Waals surface area contributed by atoms with Crippen LogP contribution in [-0.2, 0) is 24.4 Å². The number of nitrogens with one attached hydrogen (secondary N) is 2. The molecule has 4 heterocycles. The van der Waals surface area contributed by atoms with Crippen molar-refractivity contribution in [1.82, 2.24) is 35.2 Å². The summed E-state index contributed by atoms with van der Waals surface area (Å²) >= 11 is 6.64. The predicted octanol–water partition coefficient (Wildman–Crippen LogP) is 2.63. The van der Waals surface area contributed by atoms with Gasteiger partial charge in [-0.1, -0.05) is 17.7 Å². The molecule has 2 aliphatic rings. The maximum absolute atomic E-state index is 12.8. The lowest BCUT2D eigenvalue weighted by molar-refractivity contribution is -0.129. The van der Waals surface area contributed by atoms with Crippen molar-refractivity contribution >= 4 is 29.1 Å². The van der Waals surface area contributed by atoms with Crippen LogP contribution >= 0.6 is 11.6 Å². The number of H-pyrrole nitrogens is 1. The summed E-state index contributed by atoms with van der Waals surface area (Å²) in [4.78, 5) is 36.8. The third-order valence-electron chi connectivity index (χ3n) is 7.64. The fourth-order valence-electron chi connectivity index (χ4n) is 5.31. The Hall–Kier alpha value is -3.61. The van der Waals surface area contributed by atoms with Crippen LogP contribution in [0.15, 0.2) is 30.7 Å². The molecule has 0 unspecified atom stereocenters. The first-order chi connectivity index (χ1) is 19.9. The molecule has 5 rings (SSSR count). The standard InChI is InChI=1S/C28H35ClN8O4/c1-18(38)37-10-6-20(7-11-37)33-27-12-24(30-17-31-27)25(40)4-3-22(39)15-36-9-8-23-19(14-36)2-5-26(28(23)29)41-16-21-13-32-35-34-21/h2,5,12-13,17,20,22,39H,3-4,6-11,14-16H2,1H3,(H,30,31,33)(H,32,34,35)/t22-/m0/s1. The van der Waals surface area contributed by atoms with Crippen LogP contribution in [0, 0.1) is 0 Å². The number of aromatic amines is 1. The van der Waals surface area contributed by atoms with Crippen molar-refractivity contribution in [3.8, 4) is 5.75 Å². The number of fused-ring (bicyclic) bond motifs is 1. The molecule has 1 aromatic carbocycles. The Morgan fingerprint density at radius 2 is 2.07 bits per heavy atom. The summed E-state index contributed by atoms with van der Waals surface area (Å²) in [6.45, 7) is 5.15. The number of benzene rings is 1. The van der Waals surface area contributed by atoms with Crippen molar-refractivity contribution in [3.63, 3.8) is 0 Å². The molecule has 1 amide bonds. The number of ketones is 1. The molecule has 1 fully saturated rings. The van der Waals surface area contributed by atoms with E-state index in [1.807, 2.05) is 17.0 Å². The van der Waals surface area contributed by atoms with Crippen LogP contribution in [0.5, 0.6) is 5.75 Å². The Labute approximate surface area is 243 Å². The number of piperidine rings is 1. The molecular formula is C28H35ClN8O4. The van der Waals surface area contributed by atoms with Crippen molar-refractivity contribution in [2.75, 3.05) is 31.5 Å². The highest BCUT2D eigenvalue weighted by Gasteiger charge is 2.24. The molecule has 0 bridgehead atoms. The van der Waals surface area contributed by atoms with Gasteiger partial charge in [-0.05, 0) is 42.9 Å². The number of Topliss-reactive ketones (excluding diaryl/α,β-unsaturated/α-hetero) is 1. The third-order valence-corrected chi connectivity index (χ3v) is 8.05. The topological polar surface area (TPSA) is 149 Å². The lowest BCUT2D eigenvalue weighted by atomic mass is 9.98. The van der Waals surface area contributed by atoms with Crippen molar-refractivity contribution in [1.29, 1.82) is 0 Å². The van der Waals surface area contributed by atoms with Gasteiger partial charge in [0.05, 0.1) is 17.3 Å². The Morgan fingerprint density at radius 1 is 1.24 bits per heavy atom. The van der Waals surface area contributed by atoms with Gasteiger partial charge in [-0.15, -0.1) is 0 Å². The maximum atomic E-state index is 12.8. The number of aliphatic hydroxyl groups excluding tert-OH is 1. The van der Waals surface area contributed by atoms with Crippen molar-refractivity contribution < 1.29 is 19.4 Å². The third kappa shape index (κ3) is 7.57. The summed E-state index contributed by atoms with van der Waals surface area (Å²) in [5.74, 6) is 1.18. The van der Waals surface area contributed by atoms with Gasteiger partial charge in [-0.2, -0.15) is 15.4 Å². The number of anilines is 1. The van der Waals surface area contributed by atoms with Gasteiger partial charge < -0.3 is 20.1 Å². The fraction of sp³-hybridized carbons (Fsp3) is 0.500. The van der Waals surface area contributed by atoms with E-state index in [0.717, 1.165) is 36.9 Å².